The molecular weight excluding hydrogens is 420 g/mol. The minimum atomic E-state index is -0.941. The number of aromatic nitrogens is 1. The van der Waals surface area contributed by atoms with E-state index >= 15 is 0 Å². The quantitative estimate of drug-likeness (QED) is 0.723. The second kappa shape index (κ2) is 9.14. The second-order valence-electron chi connectivity index (χ2n) is 10.1. The summed E-state index contributed by atoms with van der Waals surface area (Å²) >= 11 is 0. The van der Waals surface area contributed by atoms with Gasteiger partial charge in [0, 0.05) is 44.4 Å². The van der Waals surface area contributed by atoms with Crippen LogP contribution in [-0.4, -0.2) is 77.2 Å². The highest BCUT2D eigenvalue weighted by Gasteiger charge is 2.48. The number of hydrogen-bond donors (Lipinski definition) is 1. The van der Waals surface area contributed by atoms with E-state index in [0.29, 0.717) is 24.4 Å². The van der Waals surface area contributed by atoms with Crippen molar-refractivity contribution < 1.29 is 18.7 Å². The molecule has 180 valence electrons. The molecule has 1 saturated heterocycles. The third kappa shape index (κ3) is 4.30. The van der Waals surface area contributed by atoms with Gasteiger partial charge in [0.1, 0.15) is 17.0 Å². The van der Waals surface area contributed by atoms with Gasteiger partial charge < -0.3 is 23.9 Å². The maximum atomic E-state index is 13.7. The van der Waals surface area contributed by atoms with Crippen LogP contribution >= 0.6 is 0 Å². The van der Waals surface area contributed by atoms with Gasteiger partial charge in [-0.1, -0.05) is 19.3 Å². The zero-order valence-corrected chi connectivity index (χ0v) is 19.9. The van der Waals surface area contributed by atoms with E-state index in [1.165, 1.54) is 6.42 Å². The zero-order valence-electron chi connectivity index (χ0n) is 19.9. The number of aryl methyl sites for hydroxylation is 1. The lowest BCUT2D eigenvalue weighted by Crippen LogP contribution is -2.65. The SMILES string of the molecule is Cc1cc2c(cc3n2C[C@](C)(C(=O)NC2CCCCC2)N(CCCN2CCOCC2)C3=O)o1. The average Bonchev–Trinajstić information content (AvgIpc) is 3.34. The normalized spacial score (nSPS) is 24.9. The second-order valence-corrected chi connectivity index (χ2v) is 10.1. The summed E-state index contributed by atoms with van der Waals surface area (Å²) in [6.45, 7) is 9.09. The fourth-order valence-corrected chi connectivity index (χ4v) is 5.68. The van der Waals surface area contributed by atoms with E-state index in [0.717, 1.165) is 76.2 Å². The van der Waals surface area contributed by atoms with Gasteiger partial charge in [0.05, 0.1) is 25.3 Å². The molecule has 1 N–H and O–H groups in total. The molecule has 4 heterocycles. The van der Waals surface area contributed by atoms with Crippen LogP contribution in [0.5, 0.6) is 0 Å². The molecule has 3 aliphatic rings. The zero-order chi connectivity index (χ0) is 23.0. The van der Waals surface area contributed by atoms with Crippen molar-refractivity contribution >= 4 is 22.9 Å². The fourth-order valence-electron chi connectivity index (χ4n) is 5.68. The number of rotatable bonds is 6. The van der Waals surface area contributed by atoms with E-state index in [-0.39, 0.29) is 17.9 Å². The smallest absolute Gasteiger partial charge is 0.271 e. The maximum absolute atomic E-state index is 13.7. The molecule has 2 amide bonds. The van der Waals surface area contributed by atoms with Crippen LogP contribution < -0.4 is 5.32 Å². The molecule has 0 radical (unpaired) electrons. The van der Waals surface area contributed by atoms with Crippen molar-refractivity contribution in [3.8, 4) is 0 Å². The average molecular weight is 457 g/mol. The molecule has 0 bridgehead atoms. The predicted octanol–water partition coefficient (Wildman–Crippen LogP) is 2.93. The van der Waals surface area contributed by atoms with Gasteiger partial charge in [0.25, 0.3) is 5.91 Å². The molecule has 1 aliphatic carbocycles. The number of amides is 2. The Hall–Kier alpha value is -2.32. The first-order chi connectivity index (χ1) is 16.0. The molecular formula is C25H36N4O4. The van der Waals surface area contributed by atoms with Crippen LogP contribution in [0.4, 0.5) is 0 Å². The van der Waals surface area contributed by atoms with Crippen LogP contribution in [0.15, 0.2) is 16.5 Å². The lowest BCUT2D eigenvalue weighted by Gasteiger charge is -2.45. The number of nitrogens with zero attached hydrogens (tertiary/aromatic N) is 3. The Labute approximate surface area is 195 Å². The van der Waals surface area contributed by atoms with Crippen molar-refractivity contribution in [3.63, 3.8) is 0 Å². The molecule has 8 nitrogen and oxygen atoms in total. The summed E-state index contributed by atoms with van der Waals surface area (Å²) < 4.78 is 13.2. The van der Waals surface area contributed by atoms with E-state index in [1.807, 2.05) is 35.4 Å². The number of furan rings is 1. The van der Waals surface area contributed by atoms with Crippen LogP contribution in [0.1, 0.15) is 61.7 Å². The summed E-state index contributed by atoms with van der Waals surface area (Å²) in [5.41, 5.74) is 1.27. The lowest BCUT2D eigenvalue weighted by molar-refractivity contribution is -0.133. The first-order valence-electron chi connectivity index (χ1n) is 12.5. The van der Waals surface area contributed by atoms with Crippen molar-refractivity contribution in [2.24, 2.45) is 0 Å². The number of ether oxygens (including phenoxy) is 1. The predicted molar refractivity (Wildman–Crippen MR) is 125 cm³/mol. The van der Waals surface area contributed by atoms with Gasteiger partial charge >= 0.3 is 0 Å². The molecule has 2 aromatic rings. The molecule has 33 heavy (non-hydrogen) atoms. The Morgan fingerprint density at radius 3 is 2.67 bits per heavy atom. The molecule has 0 aromatic carbocycles. The summed E-state index contributed by atoms with van der Waals surface area (Å²) in [4.78, 5) is 31.6. The van der Waals surface area contributed by atoms with Crippen LogP contribution in [0.3, 0.4) is 0 Å². The Bertz CT molecular complexity index is 1020. The third-order valence-corrected chi connectivity index (χ3v) is 7.63. The highest BCUT2D eigenvalue weighted by Crippen LogP contribution is 2.34. The minimum absolute atomic E-state index is 0.0400. The Kier molecular flexibility index (Phi) is 6.22. The van der Waals surface area contributed by atoms with E-state index in [9.17, 15) is 9.59 Å². The molecule has 0 unspecified atom stereocenters. The lowest BCUT2D eigenvalue weighted by atomic mass is 9.91. The molecule has 2 fully saturated rings. The standard InChI is InChI=1S/C25H36N4O4/c1-18-15-20-22(33-18)16-21-23(30)29(10-6-9-27-11-13-32-14-12-27)25(2,17-28(20)21)24(31)26-19-7-4-3-5-8-19/h15-16,19H,3-14,17H2,1-2H3,(H,26,31)/t25-/m1/s1. The molecule has 1 saturated carbocycles. The van der Waals surface area contributed by atoms with E-state index in [4.69, 9.17) is 9.15 Å². The molecule has 0 spiro atoms. The summed E-state index contributed by atoms with van der Waals surface area (Å²) in [7, 11) is 0. The van der Waals surface area contributed by atoms with Crippen molar-refractivity contribution in [1.82, 2.24) is 19.7 Å². The van der Waals surface area contributed by atoms with Gasteiger partial charge in [-0.15, -0.1) is 0 Å². The number of fused-ring (bicyclic) bond motifs is 3. The van der Waals surface area contributed by atoms with Crippen molar-refractivity contribution in [1.29, 1.82) is 0 Å². The van der Waals surface area contributed by atoms with Gasteiger partial charge in [-0.05, 0) is 33.1 Å². The van der Waals surface area contributed by atoms with Crippen LogP contribution in [0, 0.1) is 6.92 Å². The highest BCUT2D eigenvalue weighted by molar-refractivity contribution is 6.03. The van der Waals surface area contributed by atoms with Gasteiger partial charge in [-0.2, -0.15) is 0 Å². The van der Waals surface area contributed by atoms with Gasteiger partial charge in [0.2, 0.25) is 5.91 Å². The number of carbonyl (C=O) groups is 2. The van der Waals surface area contributed by atoms with E-state index in [2.05, 4.69) is 10.2 Å². The summed E-state index contributed by atoms with van der Waals surface area (Å²) in [6, 6.07) is 3.99. The largest absolute Gasteiger partial charge is 0.460 e. The summed E-state index contributed by atoms with van der Waals surface area (Å²) in [6.07, 6.45) is 6.41. The number of carbonyl (C=O) groups excluding carboxylic acids is 2. The minimum Gasteiger partial charge on any atom is -0.460 e. The van der Waals surface area contributed by atoms with Crippen LogP contribution in [0.25, 0.3) is 11.1 Å². The molecule has 2 aromatic heterocycles. The van der Waals surface area contributed by atoms with Gasteiger partial charge in [-0.25, -0.2) is 0 Å². The third-order valence-electron chi connectivity index (χ3n) is 7.63. The summed E-state index contributed by atoms with van der Waals surface area (Å²) in [5, 5.41) is 3.30. The summed E-state index contributed by atoms with van der Waals surface area (Å²) in [5.74, 6) is 0.680. The maximum Gasteiger partial charge on any atom is 0.271 e. The number of morpholine rings is 1. The number of hydrogen-bond acceptors (Lipinski definition) is 5. The fraction of sp³-hybridized carbons (Fsp3) is 0.680. The van der Waals surface area contributed by atoms with E-state index < -0.39 is 5.54 Å². The molecule has 8 heteroatoms. The highest BCUT2D eigenvalue weighted by atomic mass is 16.5. The topological polar surface area (TPSA) is 80.0 Å². The Morgan fingerprint density at radius 2 is 1.91 bits per heavy atom. The van der Waals surface area contributed by atoms with Gasteiger partial charge in [0.15, 0.2) is 5.58 Å². The Balaban J connectivity index is 1.40. The monoisotopic (exact) mass is 456 g/mol. The van der Waals surface area contributed by atoms with Crippen molar-refractivity contribution in [2.75, 3.05) is 39.4 Å². The number of nitrogens with one attached hydrogen (secondary N) is 1. The molecule has 1 atom stereocenters. The molecule has 5 rings (SSSR count). The van der Waals surface area contributed by atoms with Crippen molar-refractivity contribution in [2.45, 2.75) is 70.5 Å². The van der Waals surface area contributed by atoms with Crippen molar-refractivity contribution in [3.05, 3.63) is 23.6 Å². The van der Waals surface area contributed by atoms with E-state index in [1.54, 1.807) is 0 Å². The van der Waals surface area contributed by atoms with Gasteiger partial charge in [-0.3, -0.25) is 14.5 Å². The van der Waals surface area contributed by atoms with Crippen LogP contribution in [-0.2, 0) is 16.1 Å². The first kappa shape index (κ1) is 22.5. The van der Waals surface area contributed by atoms with Crippen LogP contribution in [0.2, 0.25) is 0 Å². The first-order valence-corrected chi connectivity index (χ1v) is 12.5. The Morgan fingerprint density at radius 1 is 1.15 bits per heavy atom. The molecule has 2 aliphatic heterocycles.